The third kappa shape index (κ3) is 2.10. The van der Waals surface area contributed by atoms with E-state index in [-0.39, 0.29) is 0 Å². The number of rotatable bonds is 2. The Bertz CT molecular complexity index is 556. The Kier molecular flexibility index (Phi) is 3.22. The highest BCUT2D eigenvalue weighted by molar-refractivity contribution is 9.10. The lowest BCUT2D eigenvalue weighted by Crippen LogP contribution is -2.16. The second kappa shape index (κ2) is 4.86. The lowest BCUT2D eigenvalue weighted by molar-refractivity contribution is 0.614. The molecule has 0 aliphatic carbocycles. The summed E-state index contributed by atoms with van der Waals surface area (Å²) in [6.45, 7) is 3.24. The molecule has 1 atom stereocenters. The van der Waals surface area contributed by atoms with Gasteiger partial charge in [-0.05, 0) is 44.0 Å². The van der Waals surface area contributed by atoms with Crippen LogP contribution in [0.5, 0.6) is 0 Å². The van der Waals surface area contributed by atoms with Gasteiger partial charge in [-0.1, -0.05) is 22.0 Å². The fourth-order valence-electron chi connectivity index (χ4n) is 2.54. The van der Waals surface area contributed by atoms with Gasteiger partial charge in [0.2, 0.25) is 0 Å². The third-order valence-electron chi connectivity index (χ3n) is 3.52. The molecule has 2 heterocycles. The van der Waals surface area contributed by atoms with Crippen molar-refractivity contribution in [2.24, 2.45) is 0 Å². The summed E-state index contributed by atoms with van der Waals surface area (Å²) in [5.74, 6) is 0. The molecule has 1 N–H and O–H groups in total. The summed E-state index contributed by atoms with van der Waals surface area (Å²) in [4.78, 5) is 4.32. The first-order valence-electron chi connectivity index (χ1n) is 6.28. The standard InChI is InChI=1S/C14H16BrN3/c1-10-4-5-11(15)7-13(10)18-9-16-8-14(18)12-3-2-6-17-12/h4-5,7-9,12,17H,2-3,6H2,1H3/t12-/m0/s1. The largest absolute Gasteiger partial charge is 0.309 e. The van der Waals surface area contributed by atoms with E-state index >= 15 is 0 Å². The summed E-state index contributed by atoms with van der Waals surface area (Å²) in [6, 6.07) is 6.79. The molecule has 1 aromatic carbocycles. The number of nitrogens with one attached hydrogen (secondary N) is 1. The molecule has 3 rings (SSSR count). The van der Waals surface area contributed by atoms with Gasteiger partial charge in [0.1, 0.15) is 0 Å². The highest BCUT2D eigenvalue weighted by Gasteiger charge is 2.20. The number of imidazole rings is 1. The predicted molar refractivity (Wildman–Crippen MR) is 76.0 cm³/mol. The van der Waals surface area contributed by atoms with Gasteiger partial charge in [-0.15, -0.1) is 0 Å². The van der Waals surface area contributed by atoms with Crippen LogP contribution in [0.25, 0.3) is 5.69 Å². The topological polar surface area (TPSA) is 29.9 Å². The van der Waals surface area contributed by atoms with Gasteiger partial charge in [-0.25, -0.2) is 4.98 Å². The molecule has 1 aliphatic rings. The van der Waals surface area contributed by atoms with Gasteiger partial charge >= 0.3 is 0 Å². The first-order valence-corrected chi connectivity index (χ1v) is 7.07. The normalized spacial score (nSPS) is 19.3. The first-order chi connectivity index (χ1) is 8.75. The van der Waals surface area contributed by atoms with Crippen molar-refractivity contribution in [3.05, 3.63) is 46.5 Å². The molecule has 0 spiro atoms. The maximum Gasteiger partial charge on any atom is 0.0994 e. The Hall–Kier alpha value is -1.13. The van der Waals surface area contributed by atoms with E-state index in [1.165, 1.54) is 29.8 Å². The number of hydrogen-bond acceptors (Lipinski definition) is 2. The molecule has 0 saturated carbocycles. The number of aromatic nitrogens is 2. The number of nitrogens with zero attached hydrogens (tertiary/aromatic N) is 2. The molecule has 1 aliphatic heterocycles. The molecular formula is C14H16BrN3. The first kappa shape index (κ1) is 11.9. The summed E-state index contributed by atoms with van der Waals surface area (Å²) in [5.41, 5.74) is 3.72. The Morgan fingerprint density at radius 3 is 3.11 bits per heavy atom. The van der Waals surface area contributed by atoms with Crippen LogP contribution in [0.2, 0.25) is 0 Å². The minimum atomic E-state index is 0.436. The maximum absolute atomic E-state index is 4.32. The monoisotopic (exact) mass is 305 g/mol. The average Bonchev–Trinajstić information content (AvgIpc) is 3.00. The second-order valence-corrected chi connectivity index (χ2v) is 5.68. The SMILES string of the molecule is Cc1ccc(Br)cc1-n1cncc1[C@@H]1CCCN1. The molecule has 1 fully saturated rings. The highest BCUT2D eigenvalue weighted by atomic mass is 79.9. The van der Waals surface area contributed by atoms with E-state index in [1.54, 1.807) is 0 Å². The van der Waals surface area contributed by atoms with Crippen LogP contribution < -0.4 is 5.32 Å². The molecular weight excluding hydrogens is 290 g/mol. The smallest absolute Gasteiger partial charge is 0.0994 e. The van der Waals surface area contributed by atoms with E-state index in [9.17, 15) is 0 Å². The maximum atomic E-state index is 4.32. The lowest BCUT2D eigenvalue weighted by atomic mass is 10.1. The van der Waals surface area contributed by atoms with Crippen molar-refractivity contribution in [2.75, 3.05) is 6.54 Å². The molecule has 18 heavy (non-hydrogen) atoms. The van der Waals surface area contributed by atoms with Gasteiger partial charge in [0.15, 0.2) is 0 Å². The van der Waals surface area contributed by atoms with Crippen LogP contribution in [0.15, 0.2) is 35.2 Å². The quantitative estimate of drug-likeness (QED) is 0.922. The summed E-state index contributed by atoms with van der Waals surface area (Å²) < 4.78 is 3.30. The van der Waals surface area contributed by atoms with Gasteiger partial charge < -0.3 is 9.88 Å². The van der Waals surface area contributed by atoms with E-state index in [1.807, 2.05) is 12.5 Å². The van der Waals surface area contributed by atoms with E-state index in [0.29, 0.717) is 6.04 Å². The molecule has 0 bridgehead atoms. The highest BCUT2D eigenvalue weighted by Crippen LogP contribution is 2.27. The zero-order chi connectivity index (χ0) is 12.5. The molecule has 1 saturated heterocycles. The molecule has 2 aromatic rings. The van der Waals surface area contributed by atoms with Crippen LogP contribution in [-0.2, 0) is 0 Å². The molecule has 4 heteroatoms. The summed E-state index contributed by atoms with van der Waals surface area (Å²) in [5, 5.41) is 3.53. The Labute approximate surface area is 115 Å². The molecule has 0 radical (unpaired) electrons. The summed E-state index contributed by atoms with van der Waals surface area (Å²) in [7, 11) is 0. The van der Waals surface area contributed by atoms with E-state index in [2.05, 4.69) is 55.9 Å². The number of aryl methyl sites for hydroxylation is 1. The third-order valence-corrected chi connectivity index (χ3v) is 4.01. The van der Waals surface area contributed by atoms with Crippen LogP contribution in [0, 0.1) is 6.92 Å². The van der Waals surface area contributed by atoms with Gasteiger partial charge in [-0.3, -0.25) is 0 Å². The minimum absolute atomic E-state index is 0.436. The van der Waals surface area contributed by atoms with Crippen LogP contribution in [-0.4, -0.2) is 16.1 Å². The molecule has 0 amide bonds. The predicted octanol–water partition coefficient (Wildman–Crippen LogP) is 3.37. The molecule has 3 nitrogen and oxygen atoms in total. The van der Waals surface area contributed by atoms with Gasteiger partial charge in [0, 0.05) is 10.5 Å². The Morgan fingerprint density at radius 2 is 2.33 bits per heavy atom. The molecule has 94 valence electrons. The van der Waals surface area contributed by atoms with Crippen molar-refractivity contribution in [1.29, 1.82) is 0 Å². The fraction of sp³-hybridized carbons (Fsp3) is 0.357. The van der Waals surface area contributed by atoms with E-state index in [4.69, 9.17) is 0 Å². The molecule has 0 unspecified atom stereocenters. The van der Waals surface area contributed by atoms with E-state index < -0.39 is 0 Å². The summed E-state index contributed by atoms with van der Waals surface area (Å²) in [6.07, 6.45) is 6.32. The van der Waals surface area contributed by atoms with Crippen LogP contribution >= 0.6 is 15.9 Å². The van der Waals surface area contributed by atoms with Gasteiger partial charge in [0.25, 0.3) is 0 Å². The van der Waals surface area contributed by atoms with Crippen molar-refractivity contribution in [3.8, 4) is 5.69 Å². The zero-order valence-corrected chi connectivity index (χ0v) is 11.9. The number of halogens is 1. The second-order valence-electron chi connectivity index (χ2n) is 4.77. The zero-order valence-electron chi connectivity index (χ0n) is 10.4. The van der Waals surface area contributed by atoms with E-state index in [0.717, 1.165) is 11.0 Å². The molecule has 1 aromatic heterocycles. The van der Waals surface area contributed by atoms with Crippen molar-refractivity contribution in [3.63, 3.8) is 0 Å². The van der Waals surface area contributed by atoms with Crippen LogP contribution in [0.1, 0.15) is 30.1 Å². The van der Waals surface area contributed by atoms with Crippen LogP contribution in [0.4, 0.5) is 0 Å². The number of hydrogen-bond donors (Lipinski definition) is 1. The van der Waals surface area contributed by atoms with Gasteiger partial charge in [-0.2, -0.15) is 0 Å². The van der Waals surface area contributed by atoms with Crippen molar-refractivity contribution >= 4 is 15.9 Å². The van der Waals surface area contributed by atoms with Crippen molar-refractivity contribution in [1.82, 2.24) is 14.9 Å². The van der Waals surface area contributed by atoms with Crippen molar-refractivity contribution < 1.29 is 0 Å². The lowest BCUT2D eigenvalue weighted by Gasteiger charge is -2.16. The fourth-order valence-corrected chi connectivity index (χ4v) is 2.89. The average molecular weight is 306 g/mol. The van der Waals surface area contributed by atoms with Crippen LogP contribution in [0.3, 0.4) is 0 Å². The van der Waals surface area contributed by atoms with Crippen molar-refractivity contribution in [2.45, 2.75) is 25.8 Å². The number of benzene rings is 1. The summed E-state index contributed by atoms with van der Waals surface area (Å²) >= 11 is 3.54. The Balaban J connectivity index is 2.06. The van der Waals surface area contributed by atoms with Gasteiger partial charge in [0.05, 0.1) is 23.9 Å². The minimum Gasteiger partial charge on any atom is -0.309 e. The Morgan fingerprint density at radius 1 is 1.44 bits per heavy atom.